The van der Waals surface area contributed by atoms with Crippen molar-refractivity contribution in [2.45, 2.75) is 32.9 Å². The monoisotopic (exact) mass is 274 g/mol. The van der Waals surface area contributed by atoms with E-state index in [1.165, 1.54) is 0 Å². The van der Waals surface area contributed by atoms with Crippen LogP contribution in [-0.2, 0) is 4.79 Å². The second-order valence-electron chi connectivity index (χ2n) is 4.15. The summed E-state index contributed by atoms with van der Waals surface area (Å²) >= 11 is 11.9. The maximum absolute atomic E-state index is 11.7. The molecule has 0 radical (unpaired) electrons. The molecule has 1 atom stereocenters. The highest BCUT2D eigenvalue weighted by atomic mass is 35.5. The number of halogens is 2. The van der Waals surface area contributed by atoms with Crippen LogP contribution in [0.4, 0.5) is 5.69 Å². The van der Waals surface area contributed by atoms with E-state index >= 15 is 0 Å². The number of amides is 1. The van der Waals surface area contributed by atoms with Gasteiger partial charge in [0.1, 0.15) is 6.04 Å². The Morgan fingerprint density at radius 2 is 1.88 bits per heavy atom. The summed E-state index contributed by atoms with van der Waals surface area (Å²) in [5.41, 5.74) is 0.658. The summed E-state index contributed by atoms with van der Waals surface area (Å²) in [5.74, 6) is -0.0731. The Morgan fingerprint density at radius 3 is 2.47 bits per heavy atom. The van der Waals surface area contributed by atoms with E-state index in [4.69, 9.17) is 23.2 Å². The van der Waals surface area contributed by atoms with Gasteiger partial charge in [-0.05, 0) is 39.0 Å². The minimum Gasteiger partial charge on any atom is -0.373 e. The minimum absolute atomic E-state index is 0.0731. The van der Waals surface area contributed by atoms with Crippen molar-refractivity contribution in [2.75, 3.05) is 5.32 Å². The number of hydrogen-bond acceptors (Lipinski definition) is 2. The molecule has 0 bridgehead atoms. The standard InChI is InChI=1S/C12H16Cl2N2O/c1-7(2)15-12(17)8(3)16-11-6-9(13)4-5-10(11)14/h4-8,16H,1-3H3,(H,15,17). The lowest BCUT2D eigenvalue weighted by atomic mass is 10.2. The van der Waals surface area contributed by atoms with Gasteiger partial charge in [0.25, 0.3) is 0 Å². The van der Waals surface area contributed by atoms with Crippen molar-refractivity contribution < 1.29 is 4.79 Å². The zero-order chi connectivity index (χ0) is 13.0. The van der Waals surface area contributed by atoms with Crippen molar-refractivity contribution in [1.29, 1.82) is 0 Å². The van der Waals surface area contributed by atoms with Crippen LogP contribution in [0.25, 0.3) is 0 Å². The second kappa shape index (κ2) is 6.12. The van der Waals surface area contributed by atoms with Crippen LogP contribution < -0.4 is 10.6 Å². The van der Waals surface area contributed by atoms with Gasteiger partial charge in [0.05, 0.1) is 10.7 Å². The maximum Gasteiger partial charge on any atom is 0.242 e. The molecule has 0 fully saturated rings. The van der Waals surface area contributed by atoms with Gasteiger partial charge in [0.15, 0.2) is 0 Å². The minimum atomic E-state index is -0.367. The molecule has 0 spiro atoms. The van der Waals surface area contributed by atoms with Gasteiger partial charge in [-0.2, -0.15) is 0 Å². The average molecular weight is 275 g/mol. The van der Waals surface area contributed by atoms with Crippen LogP contribution in [0.15, 0.2) is 18.2 Å². The zero-order valence-corrected chi connectivity index (χ0v) is 11.6. The zero-order valence-electron chi connectivity index (χ0n) is 10.1. The van der Waals surface area contributed by atoms with Crippen LogP contribution in [0.2, 0.25) is 10.0 Å². The van der Waals surface area contributed by atoms with Crippen molar-refractivity contribution in [3.63, 3.8) is 0 Å². The highest BCUT2D eigenvalue weighted by Gasteiger charge is 2.14. The molecule has 1 rings (SSSR count). The Hall–Kier alpha value is -0.930. The number of hydrogen-bond donors (Lipinski definition) is 2. The molecule has 0 aliphatic rings. The third kappa shape index (κ3) is 4.44. The Balaban J connectivity index is 2.70. The predicted octanol–water partition coefficient (Wildman–Crippen LogP) is 3.32. The van der Waals surface area contributed by atoms with Gasteiger partial charge in [-0.15, -0.1) is 0 Å². The third-order valence-corrected chi connectivity index (χ3v) is 2.69. The van der Waals surface area contributed by atoms with Crippen molar-refractivity contribution >= 4 is 34.8 Å². The molecule has 0 saturated carbocycles. The first kappa shape index (κ1) is 14.1. The molecule has 0 aromatic heterocycles. The molecule has 2 N–H and O–H groups in total. The average Bonchev–Trinajstić information content (AvgIpc) is 2.22. The summed E-state index contributed by atoms with van der Waals surface area (Å²) in [6, 6.07) is 4.84. The fraction of sp³-hybridized carbons (Fsp3) is 0.417. The summed E-state index contributed by atoms with van der Waals surface area (Å²) in [5, 5.41) is 6.96. The molecule has 94 valence electrons. The lowest BCUT2D eigenvalue weighted by Gasteiger charge is -2.17. The molecule has 0 aliphatic carbocycles. The molecule has 3 nitrogen and oxygen atoms in total. The van der Waals surface area contributed by atoms with Gasteiger partial charge < -0.3 is 10.6 Å². The van der Waals surface area contributed by atoms with E-state index in [1.807, 2.05) is 13.8 Å². The molecule has 5 heteroatoms. The maximum atomic E-state index is 11.7. The number of benzene rings is 1. The van der Waals surface area contributed by atoms with Crippen LogP contribution in [0.1, 0.15) is 20.8 Å². The van der Waals surface area contributed by atoms with Crippen LogP contribution in [0.5, 0.6) is 0 Å². The number of carbonyl (C=O) groups is 1. The Bertz CT molecular complexity index is 407. The number of anilines is 1. The summed E-state index contributed by atoms with van der Waals surface area (Å²) in [6.45, 7) is 5.60. The number of rotatable bonds is 4. The van der Waals surface area contributed by atoms with E-state index in [-0.39, 0.29) is 18.0 Å². The largest absolute Gasteiger partial charge is 0.373 e. The summed E-state index contributed by atoms with van der Waals surface area (Å²) in [7, 11) is 0. The van der Waals surface area contributed by atoms with E-state index in [0.717, 1.165) is 0 Å². The summed E-state index contributed by atoms with van der Waals surface area (Å²) in [4.78, 5) is 11.7. The van der Waals surface area contributed by atoms with Crippen LogP contribution >= 0.6 is 23.2 Å². The fourth-order valence-electron chi connectivity index (χ4n) is 1.32. The quantitative estimate of drug-likeness (QED) is 0.885. The number of nitrogens with one attached hydrogen (secondary N) is 2. The third-order valence-electron chi connectivity index (χ3n) is 2.12. The molecule has 1 unspecified atom stereocenters. The van der Waals surface area contributed by atoms with E-state index in [9.17, 15) is 4.79 Å². The lowest BCUT2D eigenvalue weighted by Crippen LogP contribution is -2.41. The topological polar surface area (TPSA) is 41.1 Å². The molecule has 1 aromatic carbocycles. The molecule has 17 heavy (non-hydrogen) atoms. The first-order valence-corrected chi connectivity index (χ1v) is 6.17. The Kier molecular flexibility index (Phi) is 5.09. The van der Waals surface area contributed by atoms with Crippen molar-refractivity contribution in [3.05, 3.63) is 28.2 Å². The second-order valence-corrected chi connectivity index (χ2v) is 5.00. The predicted molar refractivity (Wildman–Crippen MR) is 72.8 cm³/mol. The van der Waals surface area contributed by atoms with Gasteiger partial charge in [0.2, 0.25) is 5.91 Å². The van der Waals surface area contributed by atoms with Crippen LogP contribution in [0, 0.1) is 0 Å². The highest BCUT2D eigenvalue weighted by molar-refractivity contribution is 6.35. The van der Waals surface area contributed by atoms with Crippen LogP contribution in [0.3, 0.4) is 0 Å². The van der Waals surface area contributed by atoms with Crippen LogP contribution in [-0.4, -0.2) is 18.0 Å². The first-order chi connectivity index (χ1) is 7.90. The van der Waals surface area contributed by atoms with Crippen molar-refractivity contribution in [2.24, 2.45) is 0 Å². The molecular formula is C12H16Cl2N2O. The molecule has 1 aromatic rings. The van der Waals surface area contributed by atoms with Gasteiger partial charge in [0, 0.05) is 11.1 Å². The summed E-state index contributed by atoms with van der Waals surface area (Å²) < 4.78 is 0. The van der Waals surface area contributed by atoms with E-state index in [0.29, 0.717) is 15.7 Å². The molecule has 0 aliphatic heterocycles. The molecular weight excluding hydrogens is 259 g/mol. The lowest BCUT2D eigenvalue weighted by molar-refractivity contribution is -0.122. The normalized spacial score (nSPS) is 12.4. The van der Waals surface area contributed by atoms with Crippen molar-refractivity contribution in [3.8, 4) is 0 Å². The molecule has 1 amide bonds. The van der Waals surface area contributed by atoms with E-state index in [2.05, 4.69) is 10.6 Å². The highest BCUT2D eigenvalue weighted by Crippen LogP contribution is 2.25. The van der Waals surface area contributed by atoms with Gasteiger partial charge in [-0.3, -0.25) is 4.79 Å². The number of carbonyl (C=O) groups excluding carboxylic acids is 1. The molecule has 0 saturated heterocycles. The fourth-order valence-corrected chi connectivity index (χ4v) is 1.66. The SMILES string of the molecule is CC(C)NC(=O)C(C)Nc1cc(Cl)ccc1Cl. The van der Waals surface area contributed by atoms with E-state index in [1.54, 1.807) is 25.1 Å². The first-order valence-electron chi connectivity index (χ1n) is 5.42. The smallest absolute Gasteiger partial charge is 0.242 e. The Labute approximate surface area is 111 Å². The van der Waals surface area contributed by atoms with Gasteiger partial charge in [-0.1, -0.05) is 23.2 Å². The Morgan fingerprint density at radius 1 is 1.24 bits per heavy atom. The van der Waals surface area contributed by atoms with E-state index < -0.39 is 0 Å². The van der Waals surface area contributed by atoms with Crippen molar-refractivity contribution in [1.82, 2.24) is 5.32 Å². The summed E-state index contributed by atoms with van der Waals surface area (Å²) in [6.07, 6.45) is 0. The molecule has 0 heterocycles. The van der Waals surface area contributed by atoms with Gasteiger partial charge in [-0.25, -0.2) is 0 Å². The van der Waals surface area contributed by atoms with Gasteiger partial charge >= 0.3 is 0 Å².